The summed E-state index contributed by atoms with van der Waals surface area (Å²) in [6.45, 7) is -0.566. The van der Waals surface area contributed by atoms with Crippen molar-refractivity contribution in [1.29, 1.82) is 0 Å². The van der Waals surface area contributed by atoms with Gasteiger partial charge in [-0.3, -0.25) is 14.6 Å². The summed E-state index contributed by atoms with van der Waals surface area (Å²) >= 11 is 0. The summed E-state index contributed by atoms with van der Waals surface area (Å²) in [7, 11) is 0. The van der Waals surface area contributed by atoms with E-state index in [2.05, 4.69) is 15.4 Å². The van der Waals surface area contributed by atoms with Crippen LogP contribution in [-0.2, 0) is 11.3 Å². The number of amides is 2. The number of ether oxygens (including phenoxy) is 1. The van der Waals surface area contributed by atoms with Crippen LogP contribution in [0.5, 0.6) is 11.5 Å². The van der Waals surface area contributed by atoms with E-state index in [0.29, 0.717) is 32.6 Å². The predicted molar refractivity (Wildman–Crippen MR) is 180 cm³/mol. The highest BCUT2D eigenvalue weighted by atomic mass is 16.6. The summed E-state index contributed by atoms with van der Waals surface area (Å²) in [5, 5.41) is 67.1. The summed E-state index contributed by atoms with van der Waals surface area (Å²) in [4.78, 5) is 36.7. The van der Waals surface area contributed by atoms with Crippen molar-refractivity contribution in [2.75, 3.05) is 6.61 Å². The van der Waals surface area contributed by atoms with E-state index in [1.54, 1.807) is 24.4 Å². The van der Waals surface area contributed by atoms with Crippen molar-refractivity contribution in [2.24, 2.45) is 0 Å². The number of nitrogens with zero attached hydrogens (tertiary/aromatic N) is 3. The van der Waals surface area contributed by atoms with Crippen LogP contribution in [-0.4, -0.2) is 93.0 Å². The minimum atomic E-state index is -1.73. The number of hydrogen-bond acceptors (Lipinski definition) is 11. The molecule has 14 heteroatoms. The maximum Gasteiger partial charge on any atom is 0.276 e. The number of fused-ring (bicyclic) bond motifs is 11. The van der Waals surface area contributed by atoms with E-state index in [0.717, 1.165) is 21.5 Å². The molecule has 8 N–H and O–H groups in total. The number of benzene rings is 4. The lowest BCUT2D eigenvalue weighted by Gasteiger charge is -2.41. The molecule has 9 rings (SSSR count). The molecule has 2 aliphatic rings. The van der Waals surface area contributed by atoms with E-state index in [9.17, 15) is 40.2 Å². The first-order chi connectivity index (χ1) is 24.2. The number of phenols is 2. The standard InChI is InChI=1S/C36H29N5O9/c42-14-24-31(45)32(46)33(47)36(50-24)40-23-12-17(44)6-8-20(23)26-28-27(25-19-7-5-16(43)11-22(19)39-29(25)30(26)40)34(48)41(35(28)49)38-13-15-9-10-37-21-4-2-1-3-18(15)21/h1-12,24,31-33,36,38-39,42-47H,13-14H2/t24-,31-,32+,33-,36-/m1/s1. The van der Waals surface area contributed by atoms with Crippen LogP contribution < -0.4 is 5.43 Å². The lowest BCUT2D eigenvalue weighted by atomic mass is 9.96. The van der Waals surface area contributed by atoms with Crippen molar-refractivity contribution in [3.8, 4) is 11.5 Å². The fourth-order valence-corrected chi connectivity index (χ4v) is 7.59. The van der Waals surface area contributed by atoms with Gasteiger partial charge in [-0.1, -0.05) is 18.2 Å². The molecule has 3 aromatic heterocycles. The molecule has 2 aliphatic heterocycles. The highest BCUT2D eigenvalue weighted by Crippen LogP contribution is 2.48. The van der Waals surface area contributed by atoms with E-state index in [4.69, 9.17) is 4.74 Å². The van der Waals surface area contributed by atoms with Crippen molar-refractivity contribution in [3.05, 3.63) is 89.6 Å². The van der Waals surface area contributed by atoms with Gasteiger partial charge in [0.05, 0.1) is 45.3 Å². The van der Waals surface area contributed by atoms with Gasteiger partial charge in [-0.2, -0.15) is 0 Å². The Morgan fingerprint density at radius 1 is 0.820 bits per heavy atom. The molecule has 7 aromatic rings. The van der Waals surface area contributed by atoms with E-state index in [1.165, 1.54) is 28.8 Å². The molecular weight excluding hydrogens is 646 g/mol. The number of aromatic hydroxyl groups is 2. The highest BCUT2D eigenvalue weighted by Gasteiger charge is 2.47. The van der Waals surface area contributed by atoms with Gasteiger partial charge in [-0.25, -0.2) is 10.4 Å². The number of para-hydroxylation sites is 1. The fourth-order valence-electron chi connectivity index (χ4n) is 7.59. The van der Waals surface area contributed by atoms with Crippen LogP contribution in [0.2, 0.25) is 0 Å². The lowest BCUT2D eigenvalue weighted by molar-refractivity contribution is -0.249. The summed E-state index contributed by atoms with van der Waals surface area (Å²) < 4.78 is 7.51. The maximum absolute atomic E-state index is 14.6. The molecule has 1 fully saturated rings. The number of aromatic nitrogens is 3. The van der Waals surface area contributed by atoms with Crippen LogP contribution in [0.4, 0.5) is 0 Å². The SMILES string of the molecule is O=C1c2c(c3c4ccc(O)cc4n([C@@H]4O[C@H](CO)[C@@H](O)[C@H](O)[C@H]4O)c3c3[nH]c4cc(O)ccc4c23)C(=O)N1NCc1ccnc2ccccc12. The van der Waals surface area contributed by atoms with Crippen LogP contribution in [0.25, 0.3) is 54.5 Å². The third-order valence-corrected chi connectivity index (χ3v) is 9.88. The summed E-state index contributed by atoms with van der Waals surface area (Å²) in [5.74, 6) is -1.47. The molecule has 14 nitrogen and oxygen atoms in total. The zero-order valence-electron chi connectivity index (χ0n) is 26.0. The molecule has 0 bridgehead atoms. The highest BCUT2D eigenvalue weighted by molar-refractivity contribution is 6.39. The van der Waals surface area contributed by atoms with Gasteiger partial charge >= 0.3 is 0 Å². The Morgan fingerprint density at radius 3 is 2.32 bits per heavy atom. The van der Waals surface area contributed by atoms with Crippen molar-refractivity contribution in [1.82, 2.24) is 25.0 Å². The van der Waals surface area contributed by atoms with Crippen LogP contribution in [0.3, 0.4) is 0 Å². The van der Waals surface area contributed by atoms with Crippen molar-refractivity contribution in [2.45, 2.75) is 37.2 Å². The normalized spacial score (nSPS) is 22.6. The second kappa shape index (κ2) is 10.9. The van der Waals surface area contributed by atoms with Gasteiger partial charge in [0.25, 0.3) is 11.8 Å². The quantitative estimate of drug-likeness (QED) is 0.124. The first kappa shape index (κ1) is 30.4. The Bertz CT molecular complexity index is 2570. The molecule has 0 aliphatic carbocycles. The first-order valence-corrected chi connectivity index (χ1v) is 15.9. The predicted octanol–water partition coefficient (Wildman–Crippen LogP) is 2.66. The molecule has 0 radical (unpaired) electrons. The number of H-pyrrole nitrogens is 1. The number of carbonyl (C=O) groups excluding carboxylic acids is 2. The van der Waals surface area contributed by atoms with Gasteiger partial charge in [0.1, 0.15) is 35.9 Å². The van der Waals surface area contributed by atoms with Gasteiger partial charge in [0.15, 0.2) is 6.23 Å². The zero-order valence-corrected chi connectivity index (χ0v) is 26.0. The lowest BCUT2D eigenvalue weighted by Crippen LogP contribution is -2.56. The third kappa shape index (κ3) is 4.14. The molecule has 252 valence electrons. The number of imide groups is 1. The molecule has 2 amide bonds. The van der Waals surface area contributed by atoms with Crippen molar-refractivity contribution >= 4 is 66.3 Å². The Balaban J connectivity index is 1.32. The molecule has 5 atom stereocenters. The molecule has 5 heterocycles. The molecule has 0 unspecified atom stereocenters. The van der Waals surface area contributed by atoms with Crippen LogP contribution >= 0.6 is 0 Å². The van der Waals surface area contributed by atoms with Gasteiger partial charge in [0, 0.05) is 51.8 Å². The monoisotopic (exact) mass is 675 g/mol. The second-order valence-electron chi connectivity index (χ2n) is 12.6. The number of rotatable bonds is 5. The zero-order chi connectivity index (χ0) is 34.6. The summed E-state index contributed by atoms with van der Waals surface area (Å²) in [5.41, 5.74) is 6.08. The Morgan fingerprint density at radius 2 is 1.54 bits per heavy atom. The molecule has 0 spiro atoms. The number of nitrogens with one attached hydrogen (secondary N) is 2. The Hall–Kier alpha value is -5.61. The van der Waals surface area contributed by atoms with E-state index in [1.807, 2.05) is 24.3 Å². The van der Waals surface area contributed by atoms with Gasteiger partial charge < -0.3 is 44.9 Å². The maximum atomic E-state index is 14.6. The van der Waals surface area contributed by atoms with E-state index in [-0.39, 0.29) is 40.2 Å². The fraction of sp³-hybridized carbons (Fsp3) is 0.194. The summed E-state index contributed by atoms with van der Waals surface area (Å²) in [6.07, 6.45) is -6.14. The first-order valence-electron chi connectivity index (χ1n) is 15.9. The van der Waals surface area contributed by atoms with Crippen LogP contribution in [0, 0.1) is 0 Å². The number of hydrogen-bond donors (Lipinski definition) is 8. The van der Waals surface area contributed by atoms with E-state index < -0.39 is 49.1 Å². The van der Waals surface area contributed by atoms with Gasteiger partial charge in [-0.15, -0.1) is 0 Å². The number of pyridine rings is 1. The Kier molecular flexibility index (Phi) is 6.67. The van der Waals surface area contributed by atoms with Crippen molar-refractivity contribution in [3.63, 3.8) is 0 Å². The largest absolute Gasteiger partial charge is 0.508 e. The smallest absolute Gasteiger partial charge is 0.276 e. The molecule has 1 saturated heterocycles. The van der Waals surface area contributed by atoms with Gasteiger partial charge in [-0.05, 0) is 42.0 Å². The number of phenolic OH excluding ortho intramolecular Hbond substituents is 2. The molecule has 50 heavy (non-hydrogen) atoms. The van der Waals surface area contributed by atoms with Crippen molar-refractivity contribution < 1.29 is 45.0 Å². The number of aliphatic hydroxyl groups is 4. The topological polar surface area (TPSA) is 214 Å². The Labute approximate surface area is 280 Å². The van der Waals surface area contributed by atoms with Crippen LogP contribution in [0.15, 0.2) is 72.9 Å². The van der Waals surface area contributed by atoms with Gasteiger partial charge in [0.2, 0.25) is 0 Å². The third-order valence-electron chi connectivity index (χ3n) is 9.88. The number of hydrazine groups is 1. The minimum Gasteiger partial charge on any atom is -0.508 e. The van der Waals surface area contributed by atoms with E-state index >= 15 is 0 Å². The minimum absolute atomic E-state index is 0.0494. The van der Waals surface area contributed by atoms with Crippen LogP contribution in [0.1, 0.15) is 32.5 Å². The molecule has 0 saturated carbocycles. The average molecular weight is 676 g/mol. The second-order valence-corrected chi connectivity index (χ2v) is 12.6. The number of carbonyl (C=O) groups is 2. The average Bonchev–Trinajstić information content (AvgIpc) is 3.73. The number of aromatic amines is 1. The summed E-state index contributed by atoms with van der Waals surface area (Å²) in [6, 6.07) is 18.3. The molecule has 4 aromatic carbocycles. The number of aliphatic hydroxyl groups excluding tert-OH is 4. The molecular formula is C36H29N5O9.